The molecule has 1 aromatic heterocycles. The van der Waals surface area contributed by atoms with Crippen molar-refractivity contribution in [3.05, 3.63) is 12.7 Å². The molecule has 0 saturated carbocycles. The van der Waals surface area contributed by atoms with Crippen LogP contribution in [0.1, 0.15) is 19.3 Å². The van der Waals surface area contributed by atoms with Gasteiger partial charge in [-0.1, -0.05) is 0 Å². The van der Waals surface area contributed by atoms with E-state index in [-0.39, 0.29) is 18.4 Å². The van der Waals surface area contributed by atoms with Crippen LogP contribution in [0.25, 0.3) is 0 Å². The van der Waals surface area contributed by atoms with E-state index < -0.39 is 0 Å². The highest BCUT2D eigenvalue weighted by Gasteiger charge is 2.30. The van der Waals surface area contributed by atoms with E-state index in [0.29, 0.717) is 25.4 Å². The first-order valence-electron chi connectivity index (χ1n) is 9.25. The normalized spacial score (nSPS) is 25.2. The lowest BCUT2D eigenvalue weighted by Gasteiger charge is -2.40. The van der Waals surface area contributed by atoms with Gasteiger partial charge in [-0.2, -0.15) is 5.10 Å². The molecule has 1 aromatic rings. The SMILES string of the molecule is O=C(CCCn1cncn1)N1C[C@@H](CN2CCOCC2)C[C@H](CO)C1. The molecule has 8 nitrogen and oxygen atoms in total. The standard InChI is InChI=1S/C17H29N5O3/c23-12-16-8-15(9-20-4-6-25-7-5-20)10-21(11-16)17(24)2-1-3-22-14-18-13-19-22/h13-16,23H,1-12H2/t15-,16+/m1/s1. The second kappa shape index (κ2) is 9.26. The lowest BCUT2D eigenvalue weighted by molar-refractivity contribution is -0.135. The topological polar surface area (TPSA) is 83.7 Å². The first-order valence-corrected chi connectivity index (χ1v) is 9.25. The zero-order valence-electron chi connectivity index (χ0n) is 14.8. The fourth-order valence-corrected chi connectivity index (χ4v) is 3.83. The molecule has 2 aliphatic heterocycles. The van der Waals surface area contributed by atoms with Gasteiger partial charge in [0.25, 0.3) is 0 Å². The Hall–Kier alpha value is -1.51. The Bertz CT molecular complexity index is 518. The number of aliphatic hydroxyl groups excluding tert-OH is 1. The predicted molar refractivity (Wildman–Crippen MR) is 91.8 cm³/mol. The minimum atomic E-state index is 0.155. The van der Waals surface area contributed by atoms with Crippen LogP contribution in [0.5, 0.6) is 0 Å². The van der Waals surface area contributed by atoms with Crippen molar-refractivity contribution in [1.29, 1.82) is 0 Å². The number of hydrogen-bond donors (Lipinski definition) is 1. The lowest BCUT2D eigenvalue weighted by atomic mass is 9.89. The van der Waals surface area contributed by atoms with E-state index >= 15 is 0 Å². The molecule has 0 radical (unpaired) electrons. The molecular weight excluding hydrogens is 322 g/mol. The van der Waals surface area contributed by atoms with Crippen LogP contribution in [-0.2, 0) is 16.1 Å². The molecule has 25 heavy (non-hydrogen) atoms. The monoisotopic (exact) mass is 351 g/mol. The second-order valence-electron chi connectivity index (χ2n) is 7.12. The zero-order chi connectivity index (χ0) is 17.5. The highest BCUT2D eigenvalue weighted by molar-refractivity contribution is 5.76. The molecule has 3 rings (SSSR count). The van der Waals surface area contributed by atoms with Gasteiger partial charge in [-0.05, 0) is 24.7 Å². The number of aromatic nitrogens is 3. The maximum absolute atomic E-state index is 12.6. The Kier molecular flexibility index (Phi) is 6.77. The Morgan fingerprint density at radius 3 is 2.76 bits per heavy atom. The maximum atomic E-state index is 12.6. The van der Waals surface area contributed by atoms with Crippen molar-refractivity contribution in [2.75, 3.05) is 52.5 Å². The summed E-state index contributed by atoms with van der Waals surface area (Å²) >= 11 is 0. The summed E-state index contributed by atoms with van der Waals surface area (Å²) in [7, 11) is 0. The van der Waals surface area contributed by atoms with Gasteiger partial charge in [-0.3, -0.25) is 14.4 Å². The average Bonchev–Trinajstić information content (AvgIpc) is 3.15. The van der Waals surface area contributed by atoms with Crippen molar-refractivity contribution in [2.24, 2.45) is 11.8 Å². The number of aryl methyl sites for hydroxylation is 1. The van der Waals surface area contributed by atoms with Crippen LogP contribution >= 0.6 is 0 Å². The van der Waals surface area contributed by atoms with Gasteiger partial charge in [0.2, 0.25) is 5.91 Å². The summed E-state index contributed by atoms with van der Waals surface area (Å²) in [6, 6.07) is 0. The van der Waals surface area contributed by atoms with Gasteiger partial charge >= 0.3 is 0 Å². The molecule has 0 aromatic carbocycles. The van der Waals surface area contributed by atoms with Crippen molar-refractivity contribution >= 4 is 5.91 Å². The minimum absolute atomic E-state index is 0.155. The number of carbonyl (C=O) groups is 1. The Morgan fingerprint density at radius 2 is 2.04 bits per heavy atom. The molecule has 0 aliphatic carbocycles. The molecule has 0 bridgehead atoms. The quantitative estimate of drug-likeness (QED) is 0.735. The fraction of sp³-hybridized carbons (Fsp3) is 0.824. The van der Waals surface area contributed by atoms with Gasteiger partial charge < -0.3 is 14.7 Å². The van der Waals surface area contributed by atoms with Crippen LogP contribution in [0.2, 0.25) is 0 Å². The predicted octanol–water partition coefficient (Wildman–Crippen LogP) is -0.152. The number of piperidine rings is 1. The summed E-state index contributed by atoms with van der Waals surface area (Å²) in [4.78, 5) is 20.9. The fourth-order valence-electron chi connectivity index (χ4n) is 3.83. The maximum Gasteiger partial charge on any atom is 0.222 e. The summed E-state index contributed by atoms with van der Waals surface area (Å²) in [6.45, 7) is 6.85. The summed E-state index contributed by atoms with van der Waals surface area (Å²) < 4.78 is 7.16. The summed E-state index contributed by atoms with van der Waals surface area (Å²) in [6.07, 6.45) is 5.45. The average molecular weight is 351 g/mol. The number of amides is 1. The van der Waals surface area contributed by atoms with Crippen molar-refractivity contribution < 1.29 is 14.6 Å². The smallest absolute Gasteiger partial charge is 0.222 e. The number of nitrogens with zero attached hydrogens (tertiary/aromatic N) is 5. The molecule has 0 unspecified atom stereocenters. The summed E-state index contributed by atoms with van der Waals surface area (Å²) in [5, 5.41) is 13.7. The van der Waals surface area contributed by atoms with Gasteiger partial charge in [0, 0.05) is 52.3 Å². The van der Waals surface area contributed by atoms with Gasteiger partial charge in [0.15, 0.2) is 0 Å². The molecule has 1 N–H and O–H groups in total. The van der Waals surface area contributed by atoms with Gasteiger partial charge in [-0.25, -0.2) is 4.98 Å². The van der Waals surface area contributed by atoms with E-state index in [4.69, 9.17) is 4.74 Å². The number of hydrogen-bond acceptors (Lipinski definition) is 6. The van der Waals surface area contributed by atoms with E-state index in [1.54, 1.807) is 11.0 Å². The van der Waals surface area contributed by atoms with Crippen LogP contribution in [0, 0.1) is 11.8 Å². The number of likely N-dealkylation sites (tertiary alicyclic amines) is 1. The van der Waals surface area contributed by atoms with Crippen LogP contribution in [0.4, 0.5) is 0 Å². The minimum Gasteiger partial charge on any atom is -0.396 e. The number of rotatable bonds is 7. The van der Waals surface area contributed by atoms with E-state index in [1.165, 1.54) is 6.33 Å². The summed E-state index contributed by atoms with van der Waals surface area (Å²) in [5.41, 5.74) is 0. The van der Waals surface area contributed by atoms with Crippen LogP contribution in [-0.4, -0.2) is 88.1 Å². The van der Waals surface area contributed by atoms with Gasteiger partial charge in [0.1, 0.15) is 12.7 Å². The van der Waals surface area contributed by atoms with Crippen molar-refractivity contribution in [3.63, 3.8) is 0 Å². The van der Waals surface area contributed by atoms with E-state index in [2.05, 4.69) is 15.0 Å². The highest BCUT2D eigenvalue weighted by Crippen LogP contribution is 2.24. The molecule has 2 aliphatic rings. The largest absolute Gasteiger partial charge is 0.396 e. The van der Waals surface area contributed by atoms with Crippen molar-refractivity contribution in [2.45, 2.75) is 25.8 Å². The van der Waals surface area contributed by atoms with E-state index in [0.717, 1.165) is 52.2 Å². The molecule has 3 heterocycles. The van der Waals surface area contributed by atoms with E-state index in [9.17, 15) is 9.90 Å². The third kappa shape index (κ3) is 5.49. The van der Waals surface area contributed by atoms with Gasteiger partial charge in [0.05, 0.1) is 13.2 Å². The summed E-state index contributed by atoms with van der Waals surface area (Å²) in [5.74, 6) is 0.813. The lowest BCUT2D eigenvalue weighted by Crippen LogP contribution is -2.49. The molecule has 140 valence electrons. The molecule has 8 heteroatoms. The molecule has 1 amide bonds. The number of morpholine rings is 1. The molecular formula is C17H29N5O3. The van der Waals surface area contributed by atoms with Crippen molar-refractivity contribution in [1.82, 2.24) is 24.6 Å². The Balaban J connectivity index is 1.47. The Labute approximate surface area is 148 Å². The van der Waals surface area contributed by atoms with E-state index in [1.807, 2.05) is 4.90 Å². The molecule has 0 spiro atoms. The Morgan fingerprint density at radius 1 is 1.24 bits per heavy atom. The third-order valence-corrected chi connectivity index (χ3v) is 5.10. The van der Waals surface area contributed by atoms with Crippen molar-refractivity contribution in [3.8, 4) is 0 Å². The van der Waals surface area contributed by atoms with Crippen LogP contribution in [0.15, 0.2) is 12.7 Å². The van der Waals surface area contributed by atoms with Crippen LogP contribution in [0.3, 0.4) is 0 Å². The number of carbonyl (C=O) groups excluding carboxylic acids is 1. The molecule has 2 atom stereocenters. The second-order valence-corrected chi connectivity index (χ2v) is 7.12. The third-order valence-electron chi connectivity index (χ3n) is 5.10. The first kappa shape index (κ1) is 18.3. The van der Waals surface area contributed by atoms with Gasteiger partial charge in [-0.15, -0.1) is 0 Å². The first-order chi connectivity index (χ1) is 12.2. The molecule has 2 saturated heterocycles. The van der Waals surface area contributed by atoms with Crippen LogP contribution < -0.4 is 0 Å². The number of ether oxygens (including phenoxy) is 1. The highest BCUT2D eigenvalue weighted by atomic mass is 16.5. The zero-order valence-corrected chi connectivity index (χ0v) is 14.8. The number of aliphatic hydroxyl groups is 1. The molecule has 2 fully saturated rings.